The maximum atomic E-state index is 17.1. The van der Waals surface area contributed by atoms with Gasteiger partial charge < -0.3 is 19.7 Å². The Morgan fingerprint density at radius 1 is 1.25 bits per heavy atom. The van der Waals surface area contributed by atoms with Gasteiger partial charge in [0, 0.05) is 29.6 Å². The minimum Gasteiger partial charge on any atom is -0.390 e. The van der Waals surface area contributed by atoms with Crippen LogP contribution in [0.1, 0.15) is 53.4 Å². The first-order valence-electron chi connectivity index (χ1n) is 11.3. The lowest BCUT2D eigenvalue weighted by Gasteiger charge is -2.62. The molecule has 4 aliphatic carbocycles. The van der Waals surface area contributed by atoms with Crippen molar-refractivity contribution in [1.82, 2.24) is 0 Å². The van der Waals surface area contributed by atoms with E-state index in [-0.39, 0.29) is 37.0 Å². The van der Waals surface area contributed by atoms with Crippen molar-refractivity contribution >= 4 is 11.6 Å². The van der Waals surface area contributed by atoms with Crippen molar-refractivity contribution in [2.75, 3.05) is 6.61 Å². The van der Waals surface area contributed by atoms with Crippen LogP contribution in [0.3, 0.4) is 0 Å². The van der Waals surface area contributed by atoms with Gasteiger partial charge in [-0.3, -0.25) is 9.59 Å². The molecule has 6 nitrogen and oxygen atoms in total. The van der Waals surface area contributed by atoms with Crippen LogP contribution in [-0.2, 0) is 19.1 Å². The predicted octanol–water partition coefficient (Wildman–Crippen LogP) is 2.72. The molecule has 0 aromatic rings. The molecule has 2 saturated carbocycles. The second-order valence-corrected chi connectivity index (χ2v) is 11.0. The fourth-order valence-electron chi connectivity index (χ4n) is 7.89. The molecule has 8 unspecified atom stereocenters. The molecule has 1 saturated heterocycles. The van der Waals surface area contributed by atoms with E-state index in [1.807, 2.05) is 0 Å². The average Bonchev–Trinajstić information content (AvgIpc) is 3.11. The minimum absolute atomic E-state index is 0.0966. The summed E-state index contributed by atoms with van der Waals surface area (Å²) in [6, 6.07) is 0. The summed E-state index contributed by atoms with van der Waals surface area (Å²) >= 11 is 0. The van der Waals surface area contributed by atoms with Gasteiger partial charge in [0.25, 0.3) is 0 Å². The second kappa shape index (κ2) is 6.34. The van der Waals surface area contributed by atoms with E-state index in [4.69, 9.17) is 9.47 Å². The standard InChI is InChI=1S/C24H30F2O6/c1-20(2)31-19-9-13-14-8-16(25)15-7-12(28)5-6-21(15,3)23(14,26)17(29)10-22(13,4)24(19,32-20)18(30)11-27/h5-6,13-14,17,19,27,29H,7-11H2,1-4H3. The molecular formula is C24H30F2O6. The maximum Gasteiger partial charge on any atom is 0.193 e. The molecule has 0 amide bonds. The minimum atomic E-state index is -2.23. The highest BCUT2D eigenvalue weighted by Gasteiger charge is 2.80. The number of carbonyl (C=O) groups excluding carboxylic acids is 2. The van der Waals surface area contributed by atoms with Crippen molar-refractivity contribution in [2.24, 2.45) is 22.7 Å². The van der Waals surface area contributed by atoms with E-state index in [2.05, 4.69) is 0 Å². The van der Waals surface area contributed by atoms with Gasteiger partial charge in [0.15, 0.2) is 28.6 Å². The molecule has 176 valence electrons. The zero-order chi connectivity index (χ0) is 23.5. The molecule has 32 heavy (non-hydrogen) atoms. The fraction of sp³-hybridized carbons (Fsp3) is 0.750. The lowest BCUT2D eigenvalue weighted by atomic mass is 9.45. The van der Waals surface area contributed by atoms with Gasteiger partial charge in [-0.2, -0.15) is 0 Å². The number of carbonyl (C=O) groups is 2. The SMILES string of the molecule is CC1(C)OC2CC3C4CC(F)=C5CC(=O)C=CC5(C)C4(F)C(O)CC3(C)C2(C(=O)CO)O1. The number of fused-ring (bicyclic) bond motifs is 7. The first-order chi connectivity index (χ1) is 14.8. The highest BCUT2D eigenvalue weighted by atomic mass is 19.1. The summed E-state index contributed by atoms with van der Waals surface area (Å²) in [4.78, 5) is 25.1. The number of allylic oxidation sites excluding steroid dienone is 4. The molecule has 5 aliphatic rings. The van der Waals surface area contributed by atoms with E-state index < -0.39 is 70.1 Å². The molecule has 2 N–H and O–H groups in total. The van der Waals surface area contributed by atoms with Crippen LogP contribution < -0.4 is 0 Å². The molecule has 8 atom stereocenters. The third-order valence-corrected chi connectivity index (χ3v) is 9.21. The summed E-state index contributed by atoms with van der Waals surface area (Å²) in [5.41, 5.74) is -6.23. The number of aliphatic hydroxyl groups is 2. The van der Waals surface area contributed by atoms with Crippen LogP contribution in [0.2, 0.25) is 0 Å². The normalized spacial score (nSPS) is 51.2. The predicted molar refractivity (Wildman–Crippen MR) is 109 cm³/mol. The van der Waals surface area contributed by atoms with E-state index in [1.54, 1.807) is 27.7 Å². The van der Waals surface area contributed by atoms with E-state index >= 15 is 8.78 Å². The van der Waals surface area contributed by atoms with Gasteiger partial charge in [-0.15, -0.1) is 0 Å². The molecule has 0 spiro atoms. The highest BCUT2D eigenvalue weighted by molar-refractivity contribution is 5.94. The summed E-state index contributed by atoms with van der Waals surface area (Å²) in [5.74, 6) is -3.98. The van der Waals surface area contributed by atoms with Gasteiger partial charge in [-0.1, -0.05) is 13.0 Å². The van der Waals surface area contributed by atoms with Gasteiger partial charge in [-0.05, 0) is 51.2 Å². The molecular weight excluding hydrogens is 422 g/mol. The third kappa shape index (κ3) is 2.32. The summed E-state index contributed by atoms with van der Waals surface area (Å²) < 4.78 is 44.8. The van der Waals surface area contributed by atoms with Gasteiger partial charge in [0.1, 0.15) is 12.4 Å². The van der Waals surface area contributed by atoms with Crippen LogP contribution in [0, 0.1) is 22.7 Å². The van der Waals surface area contributed by atoms with Gasteiger partial charge in [0.05, 0.1) is 12.2 Å². The molecule has 1 heterocycles. The number of aliphatic hydroxyl groups excluding tert-OH is 2. The summed E-state index contributed by atoms with van der Waals surface area (Å²) in [6.07, 6.45) is 0.0542. The number of hydrogen-bond acceptors (Lipinski definition) is 6. The van der Waals surface area contributed by atoms with Gasteiger partial charge in [-0.25, -0.2) is 8.78 Å². The number of alkyl halides is 1. The van der Waals surface area contributed by atoms with Crippen LogP contribution in [0.4, 0.5) is 8.78 Å². The highest BCUT2D eigenvalue weighted by Crippen LogP contribution is 2.72. The smallest absolute Gasteiger partial charge is 0.193 e. The molecule has 0 radical (unpaired) electrons. The average molecular weight is 452 g/mol. The van der Waals surface area contributed by atoms with Crippen molar-refractivity contribution < 1.29 is 38.1 Å². The Kier molecular flexibility index (Phi) is 4.42. The zero-order valence-corrected chi connectivity index (χ0v) is 18.8. The molecule has 5 rings (SSSR count). The number of halogens is 2. The number of Topliss-reactive ketones (excluding diaryl/α,β-unsaturated/α-hetero) is 1. The molecule has 0 bridgehead atoms. The number of hydrogen-bond donors (Lipinski definition) is 2. The van der Waals surface area contributed by atoms with Crippen molar-refractivity contribution in [3.8, 4) is 0 Å². The maximum absolute atomic E-state index is 17.1. The Balaban J connectivity index is 1.67. The zero-order valence-electron chi connectivity index (χ0n) is 18.8. The Bertz CT molecular complexity index is 974. The first kappa shape index (κ1) is 22.3. The molecule has 3 fully saturated rings. The largest absolute Gasteiger partial charge is 0.390 e. The van der Waals surface area contributed by atoms with E-state index in [1.165, 1.54) is 12.2 Å². The first-order valence-corrected chi connectivity index (χ1v) is 11.3. The quantitative estimate of drug-likeness (QED) is 0.669. The summed E-state index contributed by atoms with van der Waals surface area (Å²) in [5, 5.41) is 21.1. The topological polar surface area (TPSA) is 93.1 Å². The number of ether oxygens (including phenoxy) is 2. The number of rotatable bonds is 2. The summed E-state index contributed by atoms with van der Waals surface area (Å²) in [6.45, 7) is 5.88. The monoisotopic (exact) mass is 452 g/mol. The van der Waals surface area contributed by atoms with Crippen molar-refractivity contribution in [3.05, 3.63) is 23.6 Å². The van der Waals surface area contributed by atoms with Crippen molar-refractivity contribution in [2.45, 2.75) is 82.6 Å². The van der Waals surface area contributed by atoms with Crippen LogP contribution in [0.5, 0.6) is 0 Å². The third-order valence-electron chi connectivity index (χ3n) is 9.21. The van der Waals surface area contributed by atoms with Crippen molar-refractivity contribution in [3.63, 3.8) is 0 Å². The Labute approximate surface area is 185 Å². The Morgan fingerprint density at radius 2 is 1.94 bits per heavy atom. The van der Waals surface area contributed by atoms with Gasteiger partial charge >= 0.3 is 0 Å². The Hall–Kier alpha value is -1.48. The van der Waals surface area contributed by atoms with Crippen LogP contribution in [0.15, 0.2) is 23.6 Å². The van der Waals surface area contributed by atoms with E-state index in [0.29, 0.717) is 0 Å². The van der Waals surface area contributed by atoms with Crippen LogP contribution in [-0.4, -0.2) is 57.7 Å². The van der Waals surface area contributed by atoms with Crippen molar-refractivity contribution in [1.29, 1.82) is 0 Å². The second-order valence-electron chi connectivity index (χ2n) is 11.0. The van der Waals surface area contributed by atoms with Gasteiger partial charge in [0.2, 0.25) is 0 Å². The lowest BCUT2D eigenvalue weighted by molar-refractivity contribution is -0.244. The van der Waals surface area contributed by atoms with Crippen LogP contribution >= 0.6 is 0 Å². The van der Waals surface area contributed by atoms with E-state index in [0.717, 1.165) is 0 Å². The van der Waals surface area contributed by atoms with Crippen LogP contribution in [0.25, 0.3) is 0 Å². The van der Waals surface area contributed by atoms with E-state index in [9.17, 15) is 19.8 Å². The Morgan fingerprint density at radius 3 is 2.59 bits per heavy atom. The molecule has 0 aromatic heterocycles. The summed E-state index contributed by atoms with van der Waals surface area (Å²) in [7, 11) is 0. The molecule has 0 aromatic carbocycles. The lowest BCUT2D eigenvalue weighted by Crippen LogP contribution is -2.69. The fourth-order valence-corrected chi connectivity index (χ4v) is 7.89. The number of ketones is 2. The molecule has 1 aliphatic heterocycles. The molecule has 8 heteroatoms.